The molecular formula is C20H26N4O4. The Kier molecular flexibility index (Phi) is 5.96. The highest BCUT2D eigenvalue weighted by molar-refractivity contribution is 6.06. The predicted octanol–water partition coefficient (Wildman–Crippen LogP) is 3.53. The molecule has 0 unspecified atom stereocenters. The van der Waals surface area contributed by atoms with Crippen LogP contribution in [-0.4, -0.2) is 39.2 Å². The van der Waals surface area contributed by atoms with E-state index in [9.17, 15) is 9.59 Å². The Morgan fingerprint density at radius 3 is 2.43 bits per heavy atom. The van der Waals surface area contributed by atoms with E-state index in [0.717, 1.165) is 29.1 Å². The number of aromatic nitrogens is 2. The van der Waals surface area contributed by atoms with Crippen LogP contribution in [0.2, 0.25) is 0 Å². The molecule has 1 saturated heterocycles. The Hall–Kier alpha value is -2.90. The number of amides is 3. The molecule has 1 N–H and O–H groups in total. The highest BCUT2D eigenvalue weighted by atomic mass is 16.5. The van der Waals surface area contributed by atoms with E-state index in [-0.39, 0.29) is 18.3 Å². The Bertz CT molecular complexity index is 827. The molecule has 0 spiro atoms. The highest BCUT2D eigenvalue weighted by Gasteiger charge is 2.49. The van der Waals surface area contributed by atoms with Gasteiger partial charge in [0.15, 0.2) is 0 Å². The number of urea groups is 1. The second-order valence-electron chi connectivity index (χ2n) is 6.84. The molecule has 28 heavy (non-hydrogen) atoms. The molecule has 1 aliphatic heterocycles. The van der Waals surface area contributed by atoms with E-state index in [2.05, 4.69) is 22.4 Å². The van der Waals surface area contributed by atoms with Crippen molar-refractivity contribution in [3.63, 3.8) is 0 Å². The minimum absolute atomic E-state index is 0.0440. The molecule has 0 radical (unpaired) electrons. The molecular weight excluding hydrogens is 360 g/mol. The van der Waals surface area contributed by atoms with Crippen LogP contribution in [0.4, 0.5) is 4.79 Å². The van der Waals surface area contributed by atoms with Crippen LogP contribution in [0, 0.1) is 0 Å². The summed E-state index contributed by atoms with van der Waals surface area (Å²) >= 11 is 0. The molecule has 3 amide bonds. The Morgan fingerprint density at radius 1 is 1.11 bits per heavy atom. The van der Waals surface area contributed by atoms with Crippen LogP contribution in [0.15, 0.2) is 28.7 Å². The van der Waals surface area contributed by atoms with Crippen molar-refractivity contribution in [3.05, 3.63) is 30.2 Å². The maximum atomic E-state index is 12.7. The lowest BCUT2D eigenvalue weighted by Gasteiger charge is -2.22. The van der Waals surface area contributed by atoms with Gasteiger partial charge in [-0.25, -0.2) is 4.79 Å². The van der Waals surface area contributed by atoms with Crippen molar-refractivity contribution in [2.24, 2.45) is 0 Å². The fourth-order valence-corrected chi connectivity index (χ4v) is 3.15. The summed E-state index contributed by atoms with van der Waals surface area (Å²) < 4.78 is 11.3. The lowest BCUT2D eigenvalue weighted by Crippen LogP contribution is -2.45. The summed E-state index contributed by atoms with van der Waals surface area (Å²) in [4.78, 5) is 26.0. The lowest BCUT2D eigenvalue weighted by molar-refractivity contribution is -0.132. The van der Waals surface area contributed by atoms with Crippen LogP contribution in [0.25, 0.3) is 11.5 Å². The topological polar surface area (TPSA) is 97.6 Å². The summed E-state index contributed by atoms with van der Waals surface area (Å²) in [6.07, 6.45) is 3.16. The molecule has 0 bridgehead atoms. The van der Waals surface area contributed by atoms with Crippen LogP contribution in [0.1, 0.15) is 52.3 Å². The van der Waals surface area contributed by atoms with Gasteiger partial charge in [-0.3, -0.25) is 9.69 Å². The van der Waals surface area contributed by atoms with Gasteiger partial charge in [-0.05, 0) is 43.5 Å². The van der Waals surface area contributed by atoms with Gasteiger partial charge in [-0.2, -0.15) is 0 Å². The van der Waals surface area contributed by atoms with E-state index in [1.165, 1.54) is 0 Å². The molecule has 3 rings (SSSR count). The van der Waals surface area contributed by atoms with Crippen molar-refractivity contribution < 1.29 is 18.7 Å². The van der Waals surface area contributed by atoms with Gasteiger partial charge in [-0.15, -0.1) is 10.2 Å². The maximum absolute atomic E-state index is 12.7. The highest BCUT2D eigenvalue weighted by Crippen LogP contribution is 2.27. The van der Waals surface area contributed by atoms with Crippen molar-refractivity contribution >= 4 is 11.9 Å². The fraction of sp³-hybridized carbons (Fsp3) is 0.500. The molecule has 150 valence electrons. The number of benzene rings is 1. The zero-order chi connectivity index (χ0) is 20.1. The second-order valence-corrected chi connectivity index (χ2v) is 6.84. The number of carbonyl (C=O) groups is 2. The van der Waals surface area contributed by atoms with Crippen molar-refractivity contribution in [2.75, 3.05) is 6.61 Å². The van der Waals surface area contributed by atoms with Gasteiger partial charge in [0, 0.05) is 5.56 Å². The number of nitrogens with zero attached hydrogens (tertiary/aromatic N) is 3. The summed E-state index contributed by atoms with van der Waals surface area (Å²) in [6, 6.07) is 6.95. The zero-order valence-corrected chi connectivity index (χ0v) is 16.5. The van der Waals surface area contributed by atoms with Crippen molar-refractivity contribution in [1.29, 1.82) is 0 Å². The number of rotatable bonds is 9. The Morgan fingerprint density at radius 2 is 1.82 bits per heavy atom. The van der Waals surface area contributed by atoms with Gasteiger partial charge in [-0.1, -0.05) is 27.2 Å². The summed E-state index contributed by atoms with van der Waals surface area (Å²) in [5, 5.41) is 10.8. The molecule has 1 aromatic carbocycles. The molecule has 1 fully saturated rings. The van der Waals surface area contributed by atoms with Crippen LogP contribution < -0.4 is 10.1 Å². The standard InChI is InChI=1S/C20H26N4O4/c1-4-7-12-27-15-10-8-14(9-11-15)17-23-22-16(28-17)13-24-18(25)20(5-2,6-3)21-19(24)26/h8-11H,4-7,12-13H2,1-3H3,(H,21,26). The molecule has 8 heteroatoms. The second kappa shape index (κ2) is 8.41. The third-order valence-electron chi connectivity index (χ3n) is 5.08. The molecule has 2 heterocycles. The van der Waals surface area contributed by atoms with E-state index >= 15 is 0 Å². The molecule has 0 aliphatic carbocycles. The largest absolute Gasteiger partial charge is 0.494 e. The molecule has 8 nitrogen and oxygen atoms in total. The number of nitrogens with one attached hydrogen (secondary N) is 1. The van der Waals surface area contributed by atoms with E-state index in [4.69, 9.17) is 9.15 Å². The zero-order valence-electron chi connectivity index (χ0n) is 16.5. The number of imide groups is 1. The van der Waals surface area contributed by atoms with Crippen LogP contribution in [0.5, 0.6) is 5.75 Å². The van der Waals surface area contributed by atoms with E-state index in [1.807, 2.05) is 38.1 Å². The number of carbonyl (C=O) groups excluding carboxylic acids is 2. The van der Waals surface area contributed by atoms with Crippen molar-refractivity contribution in [2.45, 2.75) is 58.5 Å². The summed E-state index contributed by atoms with van der Waals surface area (Å²) in [5.41, 5.74) is -0.0941. The minimum Gasteiger partial charge on any atom is -0.494 e. The number of unbranched alkanes of at least 4 members (excludes halogenated alkanes) is 1. The van der Waals surface area contributed by atoms with Crippen LogP contribution >= 0.6 is 0 Å². The molecule has 0 atom stereocenters. The SMILES string of the molecule is CCCCOc1ccc(-c2nnc(CN3C(=O)NC(CC)(CC)C3=O)o2)cc1. The van der Waals surface area contributed by atoms with Gasteiger partial charge in [0.2, 0.25) is 11.8 Å². The van der Waals surface area contributed by atoms with Gasteiger partial charge >= 0.3 is 6.03 Å². The van der Waals surface area contributed by atoms with Gasteiger partial charge < -0.3 is 14.5 Å². The predicted molar refractivity (Wildman–Crippen MR) is 103 cm³/mol. The number of hydrogen-bond donors (Lipinski definition) is 1. The van der Waals surface area contributed by atoms with Gasteiger partial charge in [0.05, 0.1) is 6.61 Å². The third kappa shape index (κ3) is 3.85. The Labute approximate surface area is 164 Å². The molecule has 1 aromatic heterocycles. The molecule has 0 saturated carbocycles. The monoisotopic (exact) mass is 386 g/mol. The smallest absolute Gasteiger partial charge is 0.325 e. The maximum Gasteiger partial charge on any atom is 0.325 e. The summed E-state index contributed by atoms with van der Waals surface area (Å²) in [6.45, 7) is 6.52. The third-order valence-corrected chi connectivity index (χ3v) is 5.08. The Balaban J connectivity index is 1.67. The van der Waals surface area contributed by atoms with E-state index < -0.39 is 11.6 Å². The van der Waals surface area contributed by atoms with E-state index in [1.54, 1.807) is 0 Å². The fourth-order valence-electron chi connectivity index (χ4n) is 3.15. The average Bonchev–Trinajstić information content (AvgIpc) is 3.27. The first kappa shape index (κ1) is 19.9. The minimum atomic E-state index is -0.840. The average molecular weight is 386 g/mol. The van der Waals surface area contributed by atoms with Gasteiger partial charge in [0.25, 0.3) is 5.91 Å². The molecule has 1 aliphatic rings. The quantitative estimate of drug-likeness (QED) is 0.523. The first-order valence-electron chi connectivity index (χ1n) is 9.72. The van der Waals surface area contributed by atoms with Crippen molar-refractivity contribution in [1.82, 2.24) is 20.4 Å². The van der Waals surface area contributed by atoms with E-state index in [0.29, 0.717) is 25.3 Å². The summed E-state index contributed by atoms with van der Waals surface area (Å²) in [5.74, 6) is 1.08. The molecule has 2 aromatic rings. The summed E-state index contributed by atoms with van der Waals surface area (Å²) in [7, 11) is 0. The first-order chi connectivity index (χ1) is 13.5. The lowest BCUT2D eigenvalue weighted by atomic mass is 9.93. The van der Waals surface area contributed by atoms with Crippen molar-refractivity contribution in [3.8, 4) is 17.2 Å². The normalized spacial score (nSPS) is 15.8. The number of hydrogen-bond acceptors (Lipinski definition) is 6. The van der Waals surface area contributed by atoms with Crippen LogP contribution in [-0.2, 0) is 11.3 Å². The number of ether oxygens (including phenoxy) is 1. The van der Waals surface area contributed by atoms with Gasteiger partial charge in [0.1, 0.15) is 17.8 Å². The first-order valence-corrected chi connectivity index (χ1v) is 9.72. The van der Waals surface area contributed by atoms with Crippen LogP contribution in [0.3, 0.4) is 0 Å².